The molecule has 0 radical (unpaired) electrons. The molecule has 7 nitrogen and oxygen atoms in total. The molecule has 0 atom stereocenters. The van der Waals surface area contributed by atoms with Gasteiger partial charge in [-0.15, -0.1) is 0 Å². The summed E-state index contributed by atoms with van der Waals surface area (Å²) in [5.74, 6) is 0.864. The first kappa shape index (κ1) is 20.6. The number of sulfonamides is 1. The van der Waals surface area contributed by atoms with Gasteiger partial charge in [0.1, 0.15) is 18.0 Å². The summed E-state index contributed by atoms with van der Waals surface area (Å²) in [6, 6.07) is 13.9. The van der Waals surface area contributed by atoms with E-state index in [1.54, 1.807) is 43.5 Å². The van der Waals surface area contributed by atoms with Crippen LogP contribution in [0.1, 0.15) is 12.5 Å². The fourth-order valence-corrected chi connectivity index (χ4v) is 3.27. The standard InChI is InChI=1S/C19H24N2O5S/c1-4-26-18-7-5-6-16(12-18)21(27(3,23)24)14-19(22)20-13-15-8-10-17(25-2)11-9-15/h5-12H,4,13-14H2,1-3H3,(H,20,22). The number of amides is 1. The third-order valence-electron chi connectivity index (χ3n) is 3.75. The van der Waals surface area contributed by atoms with Crippen LogP contribution in [0.25, 0.3) is 0 Å². The number of carbonyl (C=O) groups is 1. The Labute approximate surface area is 160 Å². The second-order valence-corrected chi connectivity index (χ2v) is 7.73. The lowest BCUT2D eigenvalue weighted by atomic mass is 10.2. The average molecular weight is 392 g/mol. The maximum atomic E-state index is 12.3. The summed E-state index contributed by atoms with van der Waals surface area (Å²) in [6.07, 6.45) is 1.07. The van der Waals surface area contributed by atoms with E-state index in [4.69, 9.17) is 9.47 Å². The summed E-state index contributed by atoms with van der Waals surface area (Å²) in [5, 5.41) is 2.73. The first-order valence-corrected chi connectivity index (χ1v) is 10.3. The fraction of sp³-hybridized carbons (Fsp3) is 0.316. The van der Waals surface area contributed by atoms with Crippen LogP contribution in [0.3, 0.4) is 0 Å². The second-order valence-electron chi connectivity index (χ2n) is 5.82. The molecule has 8 heteroatoms. The molecule has 1 amide bonds. The molecular weight excluding hydrogens is 368 g/mol. The Kier molecular flexibility index (Phi) is 7.06. The van der Waals surface area contributed by atoms with Gasteiger partial charge in [0, 0.05) is 12.6 Å². The Morgan fingerprint density at radius 3 is 2.41 bits per heavy atom. The number of carbonyl (C=O) groups excluding carboxylic acids is 1. The Balaban J connectivity index is 2.07. The van der Waals surface area contributed by atoms with Crippen LogP contribution in [-0.4, -0.2) is 40.8 Å². The van der Waals surface area contributed by atoms with Crippen LogP contribution in [0, 0.1) is 0 Å². The zero-order chi connectivity index (χ0) is 19.9. The van der Waals surface area contributed by atoms with E-state index in [1.165, 1.54) is 0 Å². The molecule has 0 aliphatic carbocycles. The number of methoxy groups -OCH3 is 1. The predicted octanol–water partition coefficient (Wildman–Crippen LogP) is 2.18. The van der Waals surface area contributed by atoms with Gasteiger partial charge >= 0.3 is 0 Å². The van der Waals surface area contributed by atoms with E-state index < -0.39 is 15.9 Å². The first-order chi connectivity index (χ1) is 12.8. The molecule has 1 N–H and O–H groups in total. The molecule has 2 rings (SSSR count). The molecule has 0 heterocycles. The largest absolute Gasteiger partial charge is 0.497 e. The number of anilines is 1. The normalized spacial score (nSPS) is 10.9. The van der Waals surface area contributed by atoms with Gasteiger partial charge in [-0.25, -0.2) is 8.42 Å². The molecule has 0 unspecified atom stereocenters. The molecular formula is C19H24N2O5S. The number of rotatable bonds is 9. The molecule has 27 heavy (non-hydrogen) atoms. The Morgan fingerprint density at radius 2 is 1.81 bits per heavy atom. The zero-order valence-electron chi connectivity index (χ0n) is 15.6. The van der Waals surface area contributed by atoms with Crippen LogP contribution >= 0.6 is 0 Å². The molecule has 0 saturated heterocycles. The molecule has 0 fully saturated rings. The zero-order valence-corrected chi connectivity index (χ0v) is 16.5. The third kappa shape index (κ3) is 6.18. The fourth-order valence-electron chi connectivity index (χ4n) is 2.43. The van der Waals surface area contributed by atoms with Gasteiger partial charge in [-0.1, -0.05) is 18.2 Å². The van der Waals surface area contributed by atoms with E-state index in [2.05, 4.69) is 5.32 Å². The van der Waals surface area contributed by atoms with Crippen molar-refractivity contribution in [2.75, 3.05) is 30.8 Å². The number of benzene rings is 2. The summed E-state index contributed by atoms with van der Waals surface area (Å²) in [6.45, 7) is 2.28. The lowest BCUT2D eigenvalue weighted by molar-refractivity contribution is -0.119. The van der Waals surface area contributed by atoms with Crippen LogP contribution in [-0.2, 0) is 21.4 Å². The summed E-state index contributed by atoms with van der Waals surface area (Å²) in [4.78, 5) is 12.3. The number of nitrogens with zero attached hydrogens (tertiary/aromatic N) is 1. The van der Waals surface area contributed by atoms with E-state index in [-0.39, 0.29) is 6.54 Å². The molecule has 146 valence electrons. The van der Waals surface area contributed by atoms with Crippen molar-refractivity contribution in [1.29, 1.82) is 0 Å². The number of hydrogen-bond donors (Lipinski definition) is 1. The molecule has 0 aromatic heterocycles. The van der Waals surface area contributed by atoms with Crippen molar-refractivity contribution in [3.05, 3.63) is 54.1 Å². The van der Waals surface area contributed by atoms with E-state index in [0.717, 1.165) is 21.9 Å². The van der Waals surface area contributed by atoms with Gasteiger partial charge in [0.25, 0.3) is 0 Å². The van der Waals surface area contributed by atoms with Crippen molar-refractivity contribution in [2.24, 2.45) is 0 Å². The summed E-state index contributed by atoms with van der Waals surface area (Å²) in [7, 11) is -2.06. The van der Waals surface area contributed by atoms with E-state index in [1.807, 2.05) is 19.1 Å². The molecule has 0 spiro atoms. The van der Waals surface area contributed by atoms with Crippen molar-refractivity contribution in [3.8, 4) is 11.5 Å². The third-order valence-corrected chi connectivity index (χ3v) is 4.89. The van der Waals surface area contributed by atoms with E-state index >= 15 is 0 Å². The minimum Gasteiger partial charge on any atom is -0.497 e. The minimum atomic E-state index is -3.64. The minimum absolute atomic E-state index is 0.291. The van der Waals surface area contributed by atoms with E-state index in [9.17, 15) is 13.2 Å². The van der Waals surface area contributed by atoms with Crippen LogP contribution < -0.4 is 19.1 Å². The number of ether oxygens (including phenoxy) is 2. The monoisotopic (exact) mass is 392 g/mol. The summed E-state index contributed by atoms with van der Waals surface area (Å²) in [5.41, 5.74) is 1.26. The maximum Gasteiger partial charge on any atom is 0.241 e. The topological polar surface area (TPSA) is 84.9 Å². The van der Waals surface area contributed by atoms with Gasteiger partial charge in [-0.3, -0.25) is 9.10 Å². The summed E-state index contributed by atoms with van der Waals surface area (Å²) >= 11 is 0. The highest BCUT2D eigenvalue weighted by Gasteiger charge is 2.21. The van der Waals surface area contributed by atoms with Crippen LogP contribution in [0.2, 0.25) is 0 Å². The highest BCUT2D eigenvalue weighted by Crippen LogP contribution is 2.23. The van der Waals surface area contributed by atoms with Gasteiger partial charge in [0.2, 0.25) is 15.9 Å². The highest BCUT2D eigenvalue weighted by atomic mass is 32.2. The maximum absolute atomic E-state index is 12.3. The van der Waals surface area contributed by atoms with Gasteiger partial charge in [0.15, 0.2) is 0 Å². The van der Waals surface area contributed by atoms with Crippen molar-refractivity contribution >= 4 is 21.6 Å². The van der Waals surface area contributed by atoms with Gasteiger partial charge in [-0.05, 0) is 36.8 Å². The van der Waals surface area contributed by atoms with Crippen molar-refractivity contribution in [3.63, 3.8) is 0 Å². The molecule has 0 bridgehead atoms. The highest BCUT2D eigenvalue weighted by molar-refractivity contribution is 7.92. The molecule has 0 aliphatic rings. The SMILES string of the molecule is CCOc1cccc(N(CC(=O)NCc2ccc(OC)cc2)S(C)(=O)=O)c1. The van der Waals surface area contributed by atoms with Crippen molar-refractivity contribution in [2.45, 2.75) is 13.5 Å². The molecule has 0 saturated carbocycles. The Morgan fingerprint density at radius 1 is 1.11 bits per heavy atom. The Hall–Kier alpha value is -2.74. The van der Waals surface area contributed by atoms with Gasteiger partial charge in [0.05, 0.1) is 25.7 Å². The lowest BCUT2D eigenvalue weighted by Crippen LogP contribution is -2.40. The quantitative estimate of drug-likeness (QED) is 0.707. The van der Waals surface area contributed by atoms with Gasteiger partial charge < -0.3 is 14.8 Å². The van der Waals surface area contributed by atoms with E-state index in [0.29, 0.717) is 24.6 Å². The smallest absolute Gasteiger partial charge is 0.241 e. The number of hydrogen-bond acceptors (Lipinski definition) is 5. The summed E-state index contributed by atoms with van der Waals surface area (Å²) < 4.78 is 35.9. The average Bonchev–Trinajstić information content (AvgIpc) is 2.64. The predicted molar refractivity (Wildman–Crippen MR) is 105 cm³/mol. The van der Waals surface area contributed by atoms with Gasteiger partial charge in [-0.2, -0.15) is 0 Å². The molecule has 2 aromatic rings. The number of nitrogens with one attached hydrogen (secondary N) is 1. The van der Waals surface area contributed by atoms with Crippen LogP contribution in [0.15, 0.2) is 48.5 Å². The molecule has 0 aliphatic heterocycles. The molecule has 2 aromatic carbocycles. The van der Waals surface area contributed by atoms with Crippen LogP contribution in [0.4, 0.5) is 5.69 Å². The van der Waals surface area contributed by atoms with Crippen molar-refractivity contribution < 1.29 is 22.7 Å². The Bertz CT molecular complexity index is 866. The van der Waals surface area contributed by atoms with Crippen molar-refractivity contribution in [1.82, 2.24) is 5.32 Å². The van der Waals surface area contributed by atoms with Crippen LogP contribution in [0.5, 0.6) is 11.5 Å². The second kappa shape index (κ2) is 9.27. The first-order valence-electron chi connectivity index (χ1n) is 8.43. The lowest BCUT2D eigenvalue weighted by Gasteiger charge is -2.22.